The highest BCUT2D eigenvalue weighted by Crippen LogP contribution is 2.46. The molecular weight excluding hydrogens is 444 g/mol. The second-order valence-electron chi connectivity index (χ2n) is 8.82. The van der Waals surface area contributed by atoms with Crippen molar-refractivity contribution in [1.29, 1.82) is 0 Å². The summed E-state index contributed by atoms with van der Waals surface area (Å²) in [4.78, 5) is 34.4. The van der Waals surface area contributed by atoms with Crippen molar-refractivity contribution in [2.45, 2.75) is 44.1 Å². The van der Waals surface area contributed by atoms with E-state index in [4.69, 9.17) is 20.4 Å². The number of carboxylic acids is 2. The van der Waals surface area contributed by atoms with Gasteiger partial charge in [0.15, 0.2) is 12.2 Å². The number of carbonyl (C=O) groups is 3. The molecule has 4 rings (SSSR count). The van der Waals surface area contributed by atoms with E-state index in [-0.39, 0.29) is 24.5 Å². The summed E-state index contributed by atoms with van der Waals surface area (Å²) >= 11 is 0. The first-order valence-electron chi connectivity index (χ1n) is 11.0. The number of amides is 1. The van der Waals surface area contributed by atoms with E-state index < -0.39 is 24.1 Å². The number of aliphatic carboxylic acids is 2. The van der Waals surface area contributed by atoms with Crippen LogP contribution in [0, 0.1) is 5.92 Å². The number of aliphatic hydroxyl groups is 3. The maximum Gasteiger partial charge on any atom is 0.335 e. The van der Waals surface area contributed by atoms with Crippen LogP contribution in [-0.4, -0.2) is 92.8 Å². The number of carboxylic acid groups (broad SMARTS) is 2. The zero-order valence-electron chi connectivity index (χ0n) is 19.0. The predicted molar refractivity (Wildman–Crippen MR) is 123 cm³/mol. The van der Waals surface area contributed by atoms with Crippen LogP contribution < -0.4 is 5.32 Å². The highest BCUT2D eigenvalue weighted by molar-refractivity contribution is 5.93. The summed E-state index contributed by atoms with van der Waals surface area (Å²) in [6.45, 7) is 2.51. The van der Waals surface area contributed by atoms with Gasteiger partial charge >= 0.3 is 11.9 Å². The second kappa shape index (κ2) is 10.5. The topological polar surface area (TPSA) is 168 Å². The molecule has 10 heteroatoms. The van der Waals surface area contributed by atoms with Crippen LogP contribution in [0.5, 0.6) is 0 Å². The molecule has 0 radical (unpaired) electrons. The van der Waals surface area contributed by atoms with Gasteiger partial charge in [0.25, 0.3) is 0 Å². The Hall–Kier alpha value is -3.05. The molecule has 10 nitrogen and oxygen atoms in total. The lowest BCUT2D eigenvalue weighted by Crippen LogP contribution is -2.48. The normalized spacial score (nSPS) is 23.1. The van der Waals surface area contributed by atoms with Gasteiger partial charge in [-0.3, -0.25) is 9.69 Å². The van der Waals surface area contributed by atoms with Crippen LogP contribution >= 0.6 is 0 Å². The van der Waals surface area contributed by atoms with Gasteiger partial charge in [0, 0.05) is 18.6 Å². The summed E-state index contributed by atoms with van der Waals surface area (Å²) < 4.78 is 0. The third kappa shape index (κ3) is 5.20. The molecule has 0 saturated carbocycles. The summed E-state index contributed by atoms with van der Waals surface area (Å²) in [7, 11) is 2.11. The van der Waals surface area contributed by atoms with Gasteiger partial charge in [0.2, 0.25) is 5.91 Å². The standard InChI is InChI=1S/C20H24N2O2.C4H6O6/c1-12(11-23)21-20(24)15-8-17-16-5-3-4-13-6-7-14(19(13)16)9-18(17)22(2)10-15;5-1(3(7)8)2(6)4(9)10/h3-5,7-8,12,15,18,23H,6,9-11H2,1-2H3,(H,21,24);1-2,5-6H,(H,7,8)(H,9,10)/t12-,15-,18+;1-,2-/m01/s1. The maximum absolute atomic E-state index is 12.5. The van der Waals surface area contributed by atoms with Crippen molar-refractivity contribution in [2.75, 3.05) is 20.2 Å². The molecule has 5 atom stereocenters. The van der Waals surface area contributed by atoms with E-state index in [2.05, 4.69) is 47.6 Å². The van der Waals surface area contributed by atoms with E-state index in [1.54, 1.807) is 0 Å². The van der Waals surface area contributed by atoms with Crippen LogP contribution in [0.4, 0.5) is 0 Å². The molecule has 1 aromatic rings. The Bertz CT molecular complexity index is 1020. The molecule has 0 unspecified atom stereocenters. The molecular formula is C24H30N2O8. The lowest BCUT2D eigenvalue weighted by molar-refractivity contribution is -0.165. The molecule has 0 aromatic heterocycles. The quantitative estimate of drug-likeness (QED) is 0.325. The lowest BCUT2D eigenvalue weighted by Gasteiger charge is -2.41. The first-order valence-corrected chi connectivity index (χ1v) is 11.0. The third-order valence-electron chi connectivity index (χ3n) is 6.33. The minimum Gasteiger partial charge on any atom is -0.479 e. The van der Waals surface area contributed by atoms with Crippen molar-refractivity contribution >= 4 is 29.0 Å². The molecule has 0 fully saturated rings. The Labute approximate surface area is 196 Å². The fraction of sp³-hybridized carbons (Fsp3) is 0.458. The van der Waals surface area contributed by atoms with E-state index in [9.17, 15) is 19.5 Å². The third-order valence-corrected chi connectivity index (χ3v) is 6.33. The monoisotopic (exact) mass is 474 g/mol. The summed E-state index contributed by atoms with van der Waals surface area (Å²) in [6.07, 6.45) is 2.05. The lowest BCUT2D eigenvalue weighted by atomic mass is 9.77. The van der Waals surface area contributed by atoms with Gasteiger partial charge < -0.3 is 30.8 Å². The Morgan fingerprint density at radius 3 is 2.38 bits per heavy atom. The first-order chi connectivity index (χ1) is 16.0. The van der Waals surface area contributed by atoms with E-state index in [0.717, 1.165) is 19.4 Å². The summed E-state index contributed by atoms with van der Waals surface area (Å²) in [5.41, 5.74) is 6.86. The summed E-state index contributed by atoms with van der Waals surface area (Å²) in [5.74, 6) is -3.70. The number of nitrogens with one attached hydrogen (secondary N) is 1. The Morgan fingerprint density at radius 1 is 1.15 bits per heavy atom. The van der Waals surface area contributed by atoms with Crippen molar-refractivity contribution in [3.05, 3.63) is 47.0 Å². The Morgan fingerprint density at radius 2 is 1.79 bits per heavy atom. The van der Waals surface area contributed by atoms with Crippen molar-refractivity contribution in [2.24, 2.45) is 5.92 Å². The molecule has 3 aliphatic rings. The molecule has 34 heavy (non-hydrogen) atoms. The smallest absolute Gasteiger partial charge is 0.335 e. The van der Waals surface area contributed by atoms with Gasteiger partial charge in [-0.1, -0.05) is 30.4 Å². The molecule has 1 amide bonds. The van der Waals surface area contributed by atoms with E-state index in [0.29, 0.717) is 6.04 Å². The predicted octanol–water partition coefficient (Wildman–Crippen LogP) is -0.282. The van der Waals surface area contributed by atoms with Crippen LogP contribution in [0.25, 0.3) is 11.1 Å². The van der Waals surface area contributed by atoms with Crippen molar-refractivity contribution in [3.8, 4) is 0 Å². The fourth-order valence-corrected chi connectivity index (χ4v) is 4.53. The number of aliphatic hydroxyl groups excluding tert-OH is 3. The number of hydrogen-bond acceptors (Lipinski definition) is 7. The van der Waals surface area contributed by atoms with Gasteiger partial charge in [-0.25, -0.2) is 9.59 Å². The molecule has 0 saturated heterocycles. The highest BCUT2D eigenvalue weighted by atomic mass is 16.4. The van der Waals surface area contributed by atoms with Gasteiger partial charge in [-0.05, 0) is 54.6 Å². The molecule has 184 valence electrons. The number of rotatable bonds is 6. The van der Waals surface area contributed by atoms with E-state index >= 15 is 0 Å². The molecule has 6 N–H and O–H groups in total. The SMILES string of the molecule is C[C@@H](CO)NC(=O)[C@H]1C=C2c3cccc4c3C(=CC4)C[C@H]2N(C)C1.O=C(O)[C@H](O)[C@@H](O)C(=O)O. The highest BCUT2D eigenvalue weighted by Gasteiger charge is 2.38. The number of hydrogen-bond donors (Lipinski definition) is 6. The van der Waals surface area contributed by atoms with Gasteiger partial charge in [0.1, 0.15) is 0 Å². The Balaban J connectivity index is 0.000000277. The molecule has 2 aliphatic carbocycles. The average Bonchev–Trinajstić information content (AvgIpc) is 3.23. The number of likely N-dealkylation sites (N-methyl/N-ethyl adjacent to an activating group) is 1. The minimum absolute atomic E-state index is 0.00302. The number of allylic oxidation sites excluding steroid dienone is 1. The minimum atomic E-state index is -2.27. The van der Waals surface area contributed by atoms with Crippen molar-refractivity contribution in [3.63, 3.8) is 0 Å². The largest absolute Gasteiger partial charge is 0.479 e. The second-order valence-corrected chi connectivity index (χ2v) is 8.82. The number of fused-ring (bicyclic) bond motifs is 2. The first kappa shape index (κ1) is 25.6. The Kier molecular flexibility index (Phi) is 7.88. The van der Waals surface area contributed by atoms with Crippen LogP contribution in [0.2, 0.25) is 0 Å². The molecule has 0 bridgehead atoms. The zero-order valence-corrected chi connectivity index (χ0v) is 19.0. The number of carbonyl (C=O) groups excluding carboxylic acids is 1. The number of nitrogens with zero attached hydrogens (tertiary/aromatic N) is 1. The van der Waals surface area contributed by atoms with Crippen molar-refractivity contribution < 1.29 is 39.9 Å². The molecule has 1 aliphatic heterocycles. The molecule has 0 spiro atoms. The summed E-state index contributed by atoms with van der Waals surface area (Å²) in [5, 5.41) is 44.6. The van der Waals surface area contributed by atoms with Gasteiger partial charge in [-0.2, -0.15) is 0 Å². The van der Waals surface area contributed by atoms with Crippen LogP contribution in [0.1, 0.15) is 30.0 Å². The van der Waals surface area contributed by atoms with Crippen LogP contribution in [0.15, 0.2) is 30.4 Å². The average molecular weight is 475 g/mol. The van der Waals surface area contributed by atoms with E-state index in [1.807, 2.05) is 6.92 Å². The molecule has 1 heterocycles. The summed E-state index contributed by atoms with van der Waals surface area (Å²) in [6, 6.07) is 6.69. The van der Waals surface area contributed by atoms with Gasteiger partial charge in [-0.15, -0.1) is 0 Å². The van der Waals surface area contributed by atoms with Crippen molar-refractivity contribution in [1.82, 2.24) is 10.2 Å². The van der Waals surface area contributed by atoms with Crippen LogP contribution in [0.3, 0.4) is 0 Å². The maximum atomic E-state index is 12.5. The van der Waals surface area contributed by atoms with E-state index in [1.165, 1.54) is 27.8 Å². The van der Waals surface area contributed by atoms with Crippen LogP contribution in [-0.2, 0) is 20.8 Å². The zero-order chi connectivity index (χ0) is 25.2. The molecule has 1 aromatic carbocycles. The number of benzene rings is 1. The van der Waals surface area contributed by atoms with Gasteiger partial charge in [0.05, 0.1) is 12.5 Å². The fourth-order valence-electron chi connectivity index (χ4n) is 4.53.